The standard InChI is InChI=1S/C16H21N3/c1-10(2)13(9-17)12-6-7-14-15(8-12)19(5)16(18-14)11(3)4/h6-8,10-11,13H,1-5H3. The van der Waals surface area contributed by atoms with Crippen molar-refractivity contribution in [2.24, 2.45) is 13.0 Å². The molecule has 1 aromatic heterocycles. The largest absolute Gasteiger partial charge is 0.331 e. The summed E-state index contributed by atoms with van der Waals surface area (Å²) < 4.78 is 2.14. The van der Waals surface area contributed by atoms with E-state index in [0.29, 0.717) is 11.8 Å². The molecule has 0 N–H and O–H groups in total. The normalized spacial score (nSPS) is 13.2. The first-order valence-corrected chi connectivity index (χ1v) is 6.81. The molecule has 0 amide bonds. The summed E-state index contributed by atoms with van der Waals surface area (Å²) in [5.41, 5.74) is 3.21. The van der Waals surface area contributed by atoms with Crippen molar-refractivity contribution in [2.45, 2.75) is 39.5 Å². The summed E-state index contributed by atoms with van der Waals surface area (Å²) in [4.78, 5) is 4.66. The number of hydrogen-bond donors (Lipinski definition) is 0. The van der Waals surface area contributed by atoms with Gasteiger partial charge in [0.1, 0.15) is 5.82 Å². The van der Waals surface area contributed by atoms with Crippen LogP contribution >= 0.6 is 0 Å². The monoisotopic (exact) mass is 255 g/mol. The van der Waals surface area contributed by atoms with Gasteiger partial charge in [-0.25, -0.2) is 4.98 Å². The molecule has 0 spiro atoms. The maximum Gasteiger partial charge on any atom is 0.112 e. The van der Waals surface area contributed by atoms with Gasteiger partial charge in [-0.15, -0.1) is 0 Å². The zero-order chi connectivity index (χ0) is 14.2. The highest BCUT2D eigenvalue weighted by Crippen LogP contribution is 2.28. The minimum absolute atomic E-state index is 0.0539. The molecule has 100 valence electrons. The summed E-state index contributed by atoms with van der Waals surface area (Å²) in [5, 5.41) is 9.31. The second kappa shape index (κ2) is 5.05. The third-order valence-electron chi connectivity index (χ3n) is 3.62. The molecule has 1 unspecified atom stereocenters. The van der Waals surface area contributed by atoms with Crippen LogP contribution in [0.15, 0.2) is 18.2 Å². The molecule has 1 heterocycles. The number of nitrogens with zero attached hydrogens (tertiary/aromatic N) is 3. The number of imidazole rings is 1. The highest BCUT2D eigenvalue weighted by molar-refractivity contribution is 5.77. The van der Waals surface area contributed by atoms with Crippen molar-refractivity contribution >= 4 is 11.0 Å². The van der Waals surface area contributed by atoms with E-state index in [9.17, 15) is 5.26 Å². The molecular weight excluding hydrogens is 234 g/mol. The van der Waals surface area contributed by atoms with Gasteiger partial charge in [-0.3, -0.25) is 0 Å². The van der Waals surface area contributed by atoms with E-state index in [4.69, 9.17) is 0 Å². The lowest BCUT2D eigenvalue weighted by molar-refractivity contribution is 0.587. The van der Waals surface area contributed by atoms with E-state index in [1.165, 1.54) is 0 Å². The molecule has 0 aliphatic rings. The predicted molar refractivity (Wildman–Crippen MR) is 78.0 cm³/mol. The van der Waals surface area contributed by atoms with Gasteiger partial charge in [0.25, 0.3) is 0 Å². The van der Waals surface area contributed by atoms with E-state index in [-0.39, 0.29) is 5.92 Å². The smallest absolute Gasteiger partial charge is 0.112 e. The molecule has 1 atom stereocenters. The molecule has 0 aliphatic heterocycles. The van der Waals surface area contributed by atoms with Crippen LogP contribution < -0.4 is 0 Å². The Hall–Kier alpha value is -1.82. The van der Waals surface area contributed by atoms with Crippen molar-refractivity contribution in [1.82, 2.24) is 9.55 Å². The second-order valence-electron chi connectivity index (χ2n) is 5.78. The van der Waals surface area contributed by atoms with Crippen LogP contribution in [0.2, 0.25) is 0 Å². The predicted octanol–water partition coefficient (Wildman–Crippen LogP) is 3.96. The zero-order valence-corrected chi connectivity index (χ0v) is 12.3. The van der Waals surface area contributed by atoms with Gasteiger partial charge < -0.3 is 4.57 Å². The Bertz CT molecular complexity index is 629. The van der Waals surface area contributed by atoms with Crippen LogP contribution in [0.25, 0.3) is 11.0 Å². The number of aryl methyl sites for hydroxylation is 1. The Morgan fingerprint density at radius 1 is 1.21 bits per heavy atom. The lowest BCUT2D eigenvalue weighted by atomic mass is 9.90. The van der Waals surface area contributed by atoms with Crippen LogP contribution in [0, 0.1) is 17.2 Å². The van der Waals surface area contributed by atoms with Gasteiger partial charge in [0.05, 0.1) is 23.0 Å². The molecule has 2 rings (SSSR count). The van der Waals surface area contributed by atoms with Crippen molar-refractivity contribution in [3.05, 3.63) is 29.6 Å². The van der Waals surface area contributed by atoms with Crippen LogP contribution in [-0.2, 0) is 7.05 Å². The Morgan fingerprint density at radius 2 is 1.89 bits per heavy atom. The molecular formula is C16H21N3. The molecule has 19 heavy (non-hydrogen) atoms. The van der Waals surface area contributed by atoms with Gasteiger partial charge in [-0.2, -0.15) is 5.26 Å². The summed E-state index contributed by atoms with van der Waals surface area (Å²) in [6, 6.07) is 8.58. The highest BCUT2D eigenvalue weighted by atomic mass is 15.1. The maximum atomic E-state index is 9.31. The second-order valence-corrected chi connectivity index (χ2v) is 5.78. The number of nitriles is 1. The SMILES string of the molecule is CC(C)c1nc2ccc(C(C#N)C(C)C)cc2n1C. The van der Waals surface area contributed by atoms with Crippen molar-refractivity contribution in [1.29, 1.82) is 5.26 Å². The van der Waals surface area contributed by atoms with Gasteiger partial charge in [0.2, 0.25) is 0 Å². The van der Waals surface area contributed by atoms with Crippen LogP contribution in [0.3, 0.4) is 0 Å². The van der Waals surface area contributed by atoms with E-state index in [0.717, 1.165) is 22.4 Å². The van der Waals surface area contributed by atoms with E-state index >= 15 is 0 Å². The molecule has 0 bridgehead atoms. The first-order valence-electron chi connectivity index (χ1n) is 6.81. The fourth-order valence-corrected chi connectivity index (χ4v) is 2.54. The minimum Gasteiger partial charge on any atom is -0.331 e. The number of rotatable bonds is 3. The first-order chi connectivity index (χ1) is 8.95. The van der Waals surface area contributed by atoms with Crippen molar-refractivity contribution < 1.29 is 0 Å². The fourth-order valence-electron chi connectivity index (χ4n) is 2.54. The molecule has 0 saturated heterocycles. The lowest BCUT2D eigenvalue weighted by Gasteiger charge is -2.13. The quantitative estimate of drug-likeness (QED) is 0.833. The molecule has 1 aromatic carbocycles. The van der Waals surface area contributed by atoms with E-state index in [1.54, 1.807) is 0 Å². The third-order valence-corrected chi connectivity index (χ3v) is 3.62. The Kier molecular flexibility index (Phi) is 3.61. The average molecular weight is 255 g/mol. The van der Waals surface area contributed by atoms with Crippen LogP contribution in [0.1, 0.15) is 50.9 Å². The van der Waals surface area contributed by atoms with Gasteiger partial charge in [-0.05, 0) is 23.6 Å². The number of aromatic nitrogens is 2. The molecule has 3 heteroatoms. The lowest BCUT2D eigenvalue weighted by Crippen LogP contribution is -2.04. The molecule has 0 aliphatic carbocycles. The molecule has 0 saturated carbocycles. The first kappa shape index (κ1) is 13.6. The zero-order valence-electron chi connectivity index (χ0n) is 12.3. The Balaban J connectivity index is 2.58. The van der Waals surface area contributed by atoms with Crippen LogP contribution in [0.4, 0.5) is 0 Å². The fraction of sp³-hybridized carbons (Fsp3) is 0.500. The van der Waals surface area contributed by atoms with Crippen molar-refractivity contribution in [2.75, 3.05) is 0 Å². The summed E-state index contributed by atoms with van der Waals surface area (Å²) in [7, 11) is 2.05. The Morgan fingerprint density at radius 3 is 2.42 bits per heavy atom. The average Bonchev–Trinajstić information content (AvgIpc) is 2.67. The van der Waals surface area contributed by atoms with Crippen LogP contribution in [-0.4, -0.2) is 9.55 Å². The van der Waals surface area contributed by atoms with E-state index in [1.807, 2.05) is 19.2 Å². The number of benzene rings is 1. The maximum absolute atomic E-state index is 9.31. The van der Waals surface area contributed by atoms with E-state index < -0.39 is 0 Å². The molecule has 0 fully saturated rings. The molecule has 0 radical (unpaired) electrons. The summed E-state index contributed by atoms with van der Waals surface area (Å²) >= 11 is 0. The van der Waals surface area contributed by atoms with E-state index in [2.05, 4.69) is 49.4 Å². The highest BCUT2D eigenvalue weighted by Gasteiger charge is 2.17. The minimum atomic E-state index is -0.0539. The van der Waals surface area contributed by atoms with Gasteiger partial charge in [0.15, 0.2) is 0 Å². The number of hydrogen-bond acceptors (Lipinski definition) is 2. The van der Waals surface area contributed by atoms with Crippen molar-refractivity contribution in [3.8, 4) is 6.07 Å². The van der Waals surface area contributed by atoms with Crippen LogP contribution in [0.5, 0.6) is 0 Å². The van der Waals surface area contributed by atoms with Gasteiger partial charge >= 0.3 is 0 Å². The topological polar surface area (TPSA) is 41.6 Å². The molecule has 2 aromatic rings. The summed E-state index contributed by atoms with van der Waals surface area (Å²) in [6.45, 7) is 8.46. The third kappa shape index (κ3) is 2.35. The number of fused-ring (bicyclic) bond motifs is 1. The Labute approximate surface area is 114 Å². The summed E-state index contributed by atoms with van der Waals surface area (Å²) in [5.74, 6) is 1.75. The molecule has 3 nitrogen and oxygen atoms in total. The van der Waals surface area contributed by atoms with Crippen molar-refractivity contribution in [3.63, 3.8) is 0 Å². The summed E-state index contributed by atoms with van der Waals surface area (Å²) in [6.07, 6.45) is 0. The van der Waals surface area contributed by atoms with Gasteiger partial charge in [-0.1, -0.05) is 33.8 Å². The van der Waals surface area contributed by atoms with Gasteiger partial charge in [0, 0.05) is 13.0 Å².